The van der Waals surface area contributed by atoms with Crippen LogP contribution in [0.4, 0.5) is 20.6 Å². The summed E-state index contributed by atoms with van der Waals surface area (Å²) in [6.45, 7) is 6.83. The number of amides is 3. The van der Waals surface area contributed by atoms with Crippen LogP contribution in [0.25, 0.3) is 0 Å². The van der Waals surface area contributed by atoms with Crippen LogP contribution in [0.1, 0.15) is 65.3 Å². The topological polar surface area (TPSA) is 79.4 Å². The maximum atomic E-state index is 15.0. The second-order valence-corrected chi connectivity index (χ2v) is 14.6. The molecule has 9 heteroatoms. The second kappa shape index (κ2) is 14.5. The zero-order valence-electron chi connectivity index (χ0n) is 29.0. The Bertz CT molecular complexity index is 1870. The van der Waals surface area contributed by atoms with Crippen LogP contribution in [0, 0.1) is 5.82 Å². The number of phenols is 1. The molecule has 4 aromatic carbocycles. The normalized spacial score (nSPS) is 22.1. The quantitative estimate of drug-likeness (QED) is 0.227. The fourth-order valence-corrected chi connectivity index (χ4v) is 8.87. The van der Waals surface area contributed by atoms with Crippen LogP contribution < -0.4 is 15.1 Å². The van der Waals surface area contributed by atoms with Crippen molar-refractivity contribution in [2.75, 3.05) is 55.6 Å². The standard InChI is InChI=1S/C42H46FN5O3/c43-38-26-29(6-15-39(38)48-21-18-40(50)44-42(48)51)28-45-22-24-47(25-23-45)34-16-19-46(20-17-34)33-10-7-31(8-11-33)41-36(30-4-2-1-3-5-30)13-9-32-27-35(49)12-14-37(32)41/h1-8,10-12,14-15,26-27,34,36,41,49H,9,13,16-25,28H2,(H,44,50,51)/t36-,41+/m1/s1. The molecule has 3 fully saturated rings. The van der Waals surface area contributed by atoms with Crippen LogP contribution in [-0.2, 0) is 17.8 Å². The lowest BCUT2D eigenvalue weighted by Crippen LogP contribution is -2.53. The van der Waals surface area contributed by atoms with Crippen molar-refractivity contribution in [3.8, 4) is 5.75 Å². The number of fused-ring (bicyclic) bond motifs is 1. The molecule has 3 amide bonds. The number of piperazine rings is 1. The zero-order valence-corrected chi connectivity index (χ0v) is 29.0. The van der Waals surface area contributed by atoms with Gasteiger partial charge in [0.1, 0.15) is 11.6 Å². The van der Waals surface area contributed by atoms with Gasteiger partial charge in [0.25, 0.3) is 0 Å². The van der Waals surface area contributed by atoms with Crippen molar-refractivity contribution >= 4 is 23.3 Å². The number of urea groups is 1. The van der Waals surface area contributed by atoms with E-state index in [1.165, 1.54) is 38.9 Å². The Morgan fingerprint density at radius 1 is 0.745 bits per heavy atom. The third-order valence-electron chi connectivity index (χ3n) is 11.6. The van der Waals surface area contributed by atoms with E-state index in [-0.39, 0.29) is 30.5 Å². The Morgan fingerprint density at radius 2 is 1.51 bits per heavy atom. The van der Waals surface area contributed by atoms with Gasteiger partial charge in [0.05, 0.1) is 5.69 Å². The lowest BCUT2D eigenvalue weighted by molar-refractivity contribution is -0.120. The number of halogens is 1. The van der Waals surface area contributed by atoms with Gasteiger partial charge in [0.15, 0.2) is 0 Å². The summed E-state index contributed by atoms with van der Waals surface area (Å²) < 4.78 is 15.0. The van der Waals surface area contributed by atoms with E-state index in [9.17, 15) is 14.7 Å². The van der Waals surface area contributed by atoms with E-state index in [0.717, 1.165) is 70.5 Å². The Kier molecular flexibility index (Phi) is 9.49. The molecule has 0 radical (unpaired) electrons. The first-order chi connectivity index (χ1) is 24.9. The highest BCUT2D eigenvalue weighted by atomic mass is 19.1. The van der Waals surface area contributed by atoms with Crippen molar-refractivity contribution in [2.45, 2.75) is 56.5 Å². The predicted octanol–water partition coefficient (Wildman–Crippen LogP) is 6.63. The van der Waals surface area contributed by atoms with Crippen molar-refractivity contribution in [3.63, 3.8) is 0 Å². The summed E-state index contributed by atoms with van der Waals surface area (Å²) in [5.41, 5.74) is 7.68. The Labute approximate surface area is 299 Å². The Hall–Kier alpha value is -4.73. The van der Waals surface area contributed by atoms with Crippen LogP contribution in [0.2, 0.25) is 0 Å². The van der Waals surface area contributed by atoms with E-state index in [4.69, 9.17) is 0 Å². The molecule has 4 aromatic rings. The molecule has 0 spiro atoms. The summed E-state index contributed by atoms with van der Waals surface area (Å²) in [6, 6.07) is 31.1. The van der Waals surface area contributed by atoms with Crippen molar-refractivity contribution < 1.29 is 19.1 Å². The molecule has 4 aliphatic rings. The number of nitrogens with zero attached hydrogens (tertiary/aromatic N) is 4. The molecule has 0 saturated carbocycles. The molecule has 3 aliphatic heterocycles. The molecule has 2 N–H and O–H groups in total. The molecule has 3 heterocycles. The van der Waals surface area contributed by atoms with Gasteiger partial charge in [-0.2, -0.15) is 0 Å². The average molecular weight is 688 g/mol. The van der Waals surface area contributed by atoms with E-state index < -0.39 is 11.8 Å². The molecule has 0 unspecified atom stereocenters. The number of hydrogen-bond acceptors (Lipinski definition) is 6. The average Bonchev–Trinajstić information content (AvgIpc) is 3.16. The first kappa shape index (κ1) is 33.4. The maximum absolute atomic E-state index is 15.0. The Morgan fingerprint density at radius 3 is 2.24 bits per heavy atom. The number of anilines is 2. The second-order valence-electron chi connectivity index (χ2n) is 14.6. The largest absolute Gasteiger partial charge is 0.508 e. The fourth-order valence-electron chi connectivity index (χ4n) is 8.87. The number of aromatic hydroxyl groups is 1. The van der Waals surface area contributed by atoms with Crippen LogP contribution in [0.15, 0.2) is 91.0 Å². The molecule has 3 saturated heterocycles. The molecule has 0 aromatic heterocycles. The molecule has 51 heavy (non-hydrogen) atoms. The number of aryl methyl sites for hydroxylation is 1. The predicted molar refractivity (Wildman–Crippen MR) is 198 cm³/mol. The molecule has 8 nitrogen and oxygen atoms in total. The summed E-state index contributed by atoms with van der Waals surface area (Å²) in [6.07, 6.45) is 4.48. The van der Waals surface area contributed by atoms with Crippen LogP contribution >= 0.6 is 0 Å². The zero-order chi connectivity index (χ0) is 34.9. The summed E-state index contributed by atoms with van der Waals surface area (Å²) in [7, 11) is 0. The maximum Gasteiger partial charge on any atom is 0.328 e. The lowest BCUT2D eigenvalue weighted by atomic mass is 9.69. The number of nitrogens with one attached hydrogen (secondary N) is 1. The number of imide groups is 1. The van der Waals surface area contributed by atoms with E-state index in [0.29, 0.717) is 24.3 Å². The van der Waals surface area contributed by atoms with Crippen molar-refractivity contribution in [3.05, 3.63) is 125 Å². The van der Waals surface area contributed by atoms with Gasteiger partial charge < -0.3 is 10.0 Å². The Balaban J connectivity index is 0.852. The van der Waals surface area contributed by atoms with E-state index in [1.54, 1.807) is 6.07 Å². The number of carbonyl (C=O) groups excluding carboxylic acids is 2. The highest BCUT2D eigenvalue weighted by molar-refractivity contribution is 6.05. The number of carbonyl (C=O) groups is 2. The minimum atomic E-state index is -0.570. The van der Waals surface area contributed by atoms with Crippen LogP contribution in [0.3, 0.4) is 0 Å². The minimum absolute atomic E-state index is 0.170. The highest BCUT2D eigenvalue weighted by Crippen LogP contribution is 2.47. The molecular formula is C42H46FN5O3. The van der Waals surface area contributed by atoms with Gasteiger partial charge in [-0.15, -0.1) is 0 Å². The monoisotopic (exact) mass is 687 g/mol. The molecule has 8 rings (SSSR count). The first-order valence-corrected chi connectivity index (χ1v) is 18.5. The van der Waals surface area contributed by atoms with Gasteiger partial charge in [-0.1, -0.05) is 54.6 Å². The first-order valence-electron chi connectivity index (χ1n) is 18.5. The summed E-state index contributed by atoms with van der Waals surface area (Å²) >= 11 is 0. The number of phenolic OH excluding ortho intramolecular Hbond substituents is 1. The van der Waals surface area contributed by atoms with Crippen LogP contribution in [-0.4, -0.2) is 78.7 Å². The van der Waals surface area contributed by atoms with E-state index >= 15 is 4.39 Å². The number of benzene rings is 4. The fraction of sp³-hybridized carbons (Fsp3) is 0.381. The van der Waals surface area contributed by atoms with Gasteiger partial charge in [0, 0.05) is 76.4 Å². The van der Waals surface area contributed by atoms with Gasteiger partial charge in [0.2, 0.25) is 5.91 Å². The summed E-state index contributed by atoms with van der Waals surface area (Å²) in [4.78, 5) is 32.5. The third-order valence-corrected chi connectivity index (χ3v) is 11.6. The van der Waals surface area contributed by atoms with Crippen molar-refractivity contribution in [1.82, 2.24) is 15.1 Å². The highest BCUT2D eigenvalue weighted by Gasteiger charge is 2.33. The van der Waals surface area contributed by atoms with E-state index in [2.05, 4.69) is 80.7 Å². The summed E-state index contributed by atoms with van der Waals surface area (Å²) in [5.74, 6) is 0.233. The number of rotatable bonds is 7. The molecule has 2 atom stereocenters. The van der Waals surface area contributed by atoms with E-state index in [1.807, 2.05) is 18.2 Å². The van der Waals surface area contributed by atoms with Gasteiger partial charge >= 0.3 is 6.03 Å². The lowest BCUT2D eigenvalue weighted by Gasteiger charge is -2.43. The van der Waals surface area contributed by atoms with Gasteiger partial charge in [-0.3, -0.25) is 24.8 Å². The molecule has 0 bridgehead atoms. The number of piperidine rings is 1. The SMILES string of the molecule is O=C1CCN(c2ccc(CN3CCN(C4CCN(c5ccc([C@@H]6c7ccc(O)cc7CC[C@@H]6c6ccccc6)cc5)CC4)CC3)cc2F)C(=O)N1. The van der Waals surface area contributed by atoms with Crippen molar-refractivity contribution in [1.29, 1.82) is 0 Å². The third kappa shape index (κ3) is 7.10. The smallest absolute Gasteiger partial charge is 0.328 e. The summed E-state index contributed by atoms with van der Waals surface area (Å²) in [5, 5.41) is 12.5. The van der Waals surface area contributed by atoms with Crippen molar-refractivity contribution in [2.24, 2.45) is 0 Å². The molecular weight excluding hydrogens is 641 g/mol. The van der Waals surface area contributed by atoms with Crippen LogP contribution in [0.5, 0.6) is 5.75 Å². The number of hydrogen-bond donors (Lipinski definition) is 2. The van der Waals surface area contributed by atoms with Gasteiger partial charge in [-0.05, 0) is 95.8 Å². The van der Waals surface area contributed by atoms with Gasteiger partial charge in [-0.25, -0.2) is 9.18 Å². The minimum Gasteiger partial charge on any atom is -0.508 e. The molecule has 1 aliphatic carbocycles. The molecule has 264 valence electrons.